The highest BCUT2D eigenvalue weighted by Crippen LogP contribution is 2.25. The molecule has 31 heavy (non-hydrogen) atoms. The molecule has 0 bridgehead atoms. The van der Waals surface area contributed by atoms with Gasteiger partial charge in [-0.1, -0.05) is 0 Å². The Morgan fingerprint density at radius 2 is 1.87 bits per heavy atom. The minimum Gasteiger partial charge on any atom is -0.371 e. The van der Waals surface area contributed by atoms with Crippen LogP contribution in [0.5, 0.6) is 0 Å². The summed E-state index contributed by atoms with van der Waals surface area (Å²) in [7, 11) is 0. The Morgan fingerprint density at radius 3 is 2.55 bits per heavy atom. The lowest BCUT2D eigenvalue weighted by molar-refractivity contribution is 0.250. The van der Waals surface area contributed by atoms with Crippen LogP contribution in [0.2, 0.25) is 0 Å². The van der Waals surface area contributed by atoms with E-state index in [0.717, 1.165) is 31.7 Å². The molecule has 2 amide bonds. The van der Waals surface area contributed by atoms with Crippen LogP contribution in [0.25, 0.3) is 11.0 Å². The van der Waals surface area contributed by atoms with Crippen molar-refractivity contribution in [1.82, 2.24) is 25.3 Å². The van der Waals surface area contributed by atoms with E-state index in [0.29, 0.717) is 22.9 Å². The summed E-state index contributed by atoms with van der Waals surface area (Å²) in [6.45, 7) is 6.52. The molecule has 3 heterocycles. The number of amides is 2. The molecule has 0 aliphatic carbocycles. The van der Waals surface area contributed by atoms with Crippen LogP contribution >= 0.6 is 0 Å². The first-order valence-electron chi connectivity index (χ1n) is 10.4. The Labute approximate surface area is 180 Å². The molecular weight excluding hydrogens is 394 g/mol. The maximum atomic E-state index is 11.9. The van der Waals surface area contributed by atoms with E-state index in [4.69, 9.17) is 5.73 Å². The topological polar surface area (TPSA) is 134 Å². The van der Waals surface area contributed by atoms with Crippen molar-refractivity contribution >= 4 is 40.3 Å². The summed E-state index contributed by atoms with van der Waals surface area (Å²) in [6, 6.07) is 7.82. The number of fused-ring (bicyclic) bond motifs is 1. The van der Waals surface area contributed by atoms with Gasteiger partial charge < -0.3 is 21.3 Å². The number of urea groups is 1. The van der Waals surface area contributed by atoms with E-state index in [2.05, 4.69) is 52.9 Å². The van der Waals surface area contributed by atoms with E-state index in [1.54, 1.807) is 12.4 Å². The van der Waals surface area contributed by atoms with Gasteiger partial charge in [0.1, 0.15) is 0 Å². The van der Waals surface area contributed by atoms with Gasteiger partial charge in [0.25, 0.3) is 0 Å². The Balaban J connectivity index is 1.45. The van der Waals surface area contributed by atoms with Crippen molar-refractivity contribution in [2.45, 2.75) is 26.3 Å². The fourth-order valence-electron chi connectivity index (χ4n) is 3.49. The second kappa shape index (κ2) is 9.09. The van der Waals surface area contributed by atoms with Crippen LogP contribution in [-0.4, -0.2) is 51.6 Å². The molecule has 2 aromatic heterocycles. The Bertz CT molecular complexity index is 1050. The zero-order valence-corrected chi connectivity index (χ0v) is 17.7. The molecule has 5 N–H and O–H groups in total. The van der Waals surface area contributed by atoms with E-state index in [1.807, 2.05) is 26.0 Å². The highest BCUT2D eigenvalue weighted by molar-refractivity contribution is 5.88. The summed E-state index contributed by atoms with van der Waals surface area (Å²) in [6.07, 6.45) is 4.37. The van der Waals surface area contributed by atoms with Crippen molar-refractivity contribution in [3.63, 3.8) is 0 Å². The smallest absolute Gasteiger partial charge is 0.321 e. The van der Waals surface area contributed by atoms with Gasteiger partial charge in [-0.2, -0.15) is 9.97 Å². The predicted octanol–water partition coefficient (Wildman–Crippen LogP) is 2.48. The maximum Gasteiger partial charge on any atom is 0.321 e. The number of rotatable bonds is 6. The lowest BCUT2D eigenvalue weighted by Gasteiger charge is -2.19. The van der Waals surface area contributed by atoms with Gasteiger partial charge >= 0.3 is 6.03 Å². The van der Waals surface area contributed by atoms with Gasteiger partial charge in [0.05, 0.1) is 5.39 Å². The van der Waals surface area contributed by atoms with Crippen LogP contribution < -0.4 is 26.6 Å². The van der Waals surface area contributed by atoms with Gasteiger partial charge in [-0.15, -0.1) is 0 Å². The average molecular weight is 422 g/mol. The van der Waals surface area contributed by atoms with Crippen molar-refractivity contribution in [2.75, 3.05) is 35.2 Å². The number of carbonyl (C=O) groups excluding carboxylic acids is 1. The summed E-state index contributed by atoms with van der Waals surface area (Å²) < 4.78 is 0. The molecule has 1 unspecified atom stereocenters. The minimum atomic E-state index is -0.363. The average Bonchev–Trinajstić information content (AvgIpc) is 3.23. The van der Waals surface area contributed by atoms with Crippen LogP contribution in [0.1, 0.15) is 20.3 Å². The molecule has 3 aromatic rings. The number of aromatic nitrogens is 4. The summed E-state index contributed by atoms with van der Waals surface area (Å²) >= 11 is 0. The third-order valence-electron chi connectivity index (χ3n) is 5.09. The predicted molar refractivity (Wildman–Crippen MR) is 122 cm³/mol. The minimum absolute atomic E-state index is 0.0116. The lowest BCUT2D eigenvalue weighted by atomic mass is 10.1. The van der Waals surface area contributed by atoms with Crippen molar-refractivity contribution in [2.24, 2.45) is 11.7 Å². The maximum absolute atomic E-state index is 11.9. The highest BCUT2D eigenvalue weighted by atomic mass is 16.2. The Kier molecular flexibility index (Phi) is 6.08. The van der Waals surface area contributed by atoms with Crippen molar-refractivity contribution in [3.05, 3.63) is 36.7 Å². The molecule has 4 rings (SSSR count). The number of nitrogens with two attached hydrogens (primary N) is 1. The van der Waals surface area contributed by atoms with Crippen LogP contribution in [-0.2, 0) is 0 Å². The van der Waals surface area contributed by atoms with Gasteiger partial charge in [0.15, 0.2) is 5.65 Å². The fourth-order valence-corrected chi connectivity index (χ4v) is 3.49. The molecule has 1 fully saturated rings. The van der Waals surface area contributed by atoms with Crippen LogP contribution in [0.15, 0.2) is 36.7 Å². The Hall–Kier alpha value is -3.53. The molecule has 1 saturated heterocycles. The number of hydrogen-bond acceptors (Lipinski definition) is 8. The van der Waals surface area contributed by atoms with Crippen LogP contribution in [0, 0.1) is 5.92 Å². The molecule has 1 aromatic carbocycles. The molecule has 0 radical (unpaired) electrons. The van der Waals surface area contributed by atoms with E-state index < -0.39 is 0 Å². The monoisotopic (exact) mass is 421 g/mol. The van der Waals surface area contributed by atoms with E-state index >= 15 is 0 Å². The molecule has 162 valence electrons. The first-order valence-corrected chi connectivity index (χ1v) is 10.4. The third-order valence-corrected chi connectivity index (χ3v) is 5.09. The zero-order valence-electron chi connectivity index (χ0n) is 17.7. The SMILES string of the molecule is CC(C)NC(=O)Nc1ncc2cnc(Nc3ccc(N4CCC(CN)C4)cc3)nc2n1. The number of nitrogens with one attached hydrogen (secondary N) is 3. The van der Waals surface area contributed by atoms with E-state index in [-0.39, 0.29) is 18.0 Å². The molecular formula is C21H27N9O. The number of hydrogen-bond donors (Lipinski definition) is 4. The van der Waals surface area contributed by atoms with Crippen LogP contribution in [0.4, 0.5) is 28.1 Å². The largest absolute Gasteiger partial charge is 0.371 e. The standard InChI is InChI=1S/C21H27N9O/c1-13(2)25-21(31)29-20-24-11-15-10-23-19(27-18(15)28-20)26-16-3-5-17(6-4-16)30-8-7-14(9-22)12-30/h3-6,10-11,13-14H,7-9,12,22H2,1-2H3,(H3,23,24,25,26,27,28,29,31). The van der Waals surface area contributed by atoms with Crippen molar-refractivity contribution in [3.8, 4) is 0 Å². The van der Waals surface area contributed by atoms with Gasteiger partial charge in [-0.05, 0) is 57.0 Å². The first kappa shape index (κ1) is 20.7. The number of benzene rings is 1. The molecule has 10 nitrogen and oxygen atoms in total. The highest BCUT2D eigenvalue weighted by Gasteiger charge is 2.21. The second-order valence-electron chi connectivity index (χ2n) is 7.93. The molecule has 1 aliphatic heterocycles. The zero-order chi connectivity index (χ0) is 21.8. The quantitative estimate of drug-likeness (QED) is 0.477. The normalized spacial score (nSPS) is 16.0. The summed E-state index contributed by atoms with van der Waals surface area (Å²) in [5, 5.41) is 9.22. The second-order valence-corrected chi connectivity index (χ2v) is 7.93. The molecule has 0 saturated carbocycles. The number of nitrogens with zero attached hydrogens (tertiary/aromatic N) is 5. The van der Waals surface area contributed by atoms with Crippen molar-refractivity contribution < 1.29 is 4.79 Å². The third kappa shape index (κ3) is 5.15. The molecule has 1 aliphatic rings. The van der Waals surface area contributed by atoms with E-state index in [9.17, 15) is 4.79 Å². The molecule has 0 spiro atoms. The fraction of sp³-hybridized carbons (Fsp3) is 0.381. The van der Waals surface area contributed by atoms with Gasteiger partial charge in [0.2, 0.25) is 11.9 Å². The lowest BCUT2D eigenvalue weighted by Crippen LogP contribution is -2.34. The Morgan fingerprint density at radius 1 is 1.16 bits per heavy atom. The summed E-state index contributed by atoms with van der Waals surface area (Å²) in [4.78, 5) is 31.4. The summed E-state index contributed by atoms with van der Waals surface area (Å²) in [5.41, 5.74) is 8.29. The molecule has 1 atom stereocenters. The van der Waals surface area contributed by atoms with Gasteiger partial charge in [-0.3, -0.25) is 5.32 Å². The van der Waals surface area contributed by atoms with Gasteiger partial charge in [-0.25, -0.2) is 14.8 Å². The van der Waals surface area contributed by atoms with E-state index in [1.165, 1.54) is 5.69 Å². The molecule has 10 heteroatoms. The van der Waals surface area contributed by atoms with Crippen molar-refractivity contribution in [1.29, 1.82) is 0 Å². The number of anilines is 4. The number of carbonyl (C=O) groups is 1. The van der Waals surface area contributed by atoms with Gasteiger partial charge in [0, 0.05) is 42.9 Å². The summed E-state index contributed by atoms with van der Waals surface area (Å²) in [5.74, 6) is 1.17. The first-order chi connectivity index (χ1) is 15.0. The van der Waals surface area contributed by atoms with Crippen LogP contribution in [0.3, 0.4) is 0 Å².